The van der Waals surface area contributed by atoms with Crippen LogP contribution in [0.3, 0.4) is 0 Å². The molecule has 1 aromatic heterocycles. The average molecular weight is 465 g/mol. The molecule has 0 saturated heterocycles. The Morgan fingerprint density at radius 1 is 1.12 bits per heavy atom. The van der Waals surface area contributed by atoms with Crippen LogP contribution >= 0.6 is 11.6 Å². The average Bonchev–Trinajstić information content (AvgIpc) is 2.85. The first-order valence-electron chi connectivity index (χ1n) is 9.92. The molecule has 8 nitrogen and oxygen atoms in total. The number of amides is 2. The van der Waals surface area contributed by atoms with Gasteiger partial charge in [-0.15, -0.1) is 0 Å². The van der Waals surface area contributed by atoms with E-state index in [1.165, 1.54) is 19.2 Å². The first kappa shape index (κ1) is 23.6. The SMILES string of the molecule is COc1cc(Cl)cc(C(=O)NCc2ccc(C#N)cc2OCC(=O)NCc2cccnc2)c1. The zero-order valence-corrected chi connectivity index (χ0v) is 18.6. The number of benzene rings is 2. The first-order chi connectivity index (χ1) is 16.0. The molecule has 1 heterocycles. The molecule has 0 radical (unpaired) electrons. The minimum atomic E-state index is -0.361. The number of nitriles is 1. The van der Waals surface area contributed by atoms with E-state index in [-0.39, 0.29) is 25.0 Å². The molecule has 2 amide bonds. The zero-order chi connectivity index (χ0) is 23.6. The third kappa shape index (κ3) is 6.95. The maximum atomic E-state index is 12.6. The molecular formula is C24H21ClN4O4. The minimum Gasteiger partial charge on any atom is -0.497 e. The number of carbonyl (C=O) groups excluding carboxylic acids is 2. The Bertz CT molecular complexity index is 1180. The van der Waals surface area contributed by atoms with E-state index < -0.39 is 0 Å². The molecule has 3 aromatic rings. The molecule has 2 aromatic carbocycles. The van der Waals surface area contributed by atoms with Crippen molar-refractivity contribution in [3.05, 3.63) is 88.2 Å². The van der Waals surface area contributed by atoms with Gasteiger partial charge in [-0.05, 0) is 42.0 Å². The fraction of sp³-hybridized carbons (Fsp3) is 0.167. The van der Waals surface area contributed by atoms with Gasteiger partial charge in [-0.2, -0.15) is 5.26 Å². The fourth-order valence-electron chi connectivity index (χ4n) is 2.89. The standard InChI is InChI=1S/C24H21ClN4O4/c1-32-21-9-19(8-20(25)10-21)24(31)29-14-18-5-4-16(11-26)7-22(18)33-15-23(30)28-13-17-3-2-6-27-12-17/h2-10,12H,13-15H2,1H3,(H,28,30)(H,29,31). The number of aromatic nitrogens is 1. The van der Waals surface area contributed by atoms with Crippen molar-refractivity contribution in [3.63, 3.8) is 0 Å². The van der Waals surface area contributed by atoms with Gasteiger partial charge in [-0.1, -0.05) is 23.7 Å². The molecule has 3 rings (SSSR count). The van der Waals surface area contributed by atoms with Crippen molar-refractivity contribution >= 4 is 23.4 Å². The maximum absolute atomic E-state index is 12.6. The van der Waals surface area contributed by atoms with E-state index >= 15 is 0 Å². The van der Waals surface area contributed by atoms with Gasteiger partial charge in [0, 0.05) is 41.6 Å². The first-order valence-corrected chi connectivity index (χ1v) is 10.3. The summed E-state index contributed by atoms with van der Waals surface area (Å²) in [5, 5.41) is 15.1. The third-order valence-corrected chi connectivity index (χ3v) is 4.79. The summed E-state index contributed by atoms with van der Waals surface area (Å²) in [4.78, 5) is 28.8. The fourth-order valence-corrected chi connectivity index (χ4v) is 3.12. The van der Waals surface area contributed by atoms with Crippen LogP contribution in [-0.2, 0) is 17.9 Å². The molecule has 33 heavy (non-hydrogen) atoms. The second-order valence-corrected chi connectivity index (χ2v) is 7.36. The Morgan fingerprint density at radius 2 is 1.97 bits per heavy atom. The highest BCUT2D eigenvalue weighted by Crippen LogP contribution is 2.22. The molecule has 0 aliphatic rings. The molecular weight excluding hydrogens is 444 g/mol. The lowest BCUT2D eigenvalue weighted by molar-refractivity contribution is -0.123. The lowest BCUT2D eigenvalue weighted by atomic mass is 10.1. The summed E-state index contributed by atoms with van der Waals surface area (Å²) in [6.45, 7) is 0.188. The number of hydrogen-bond acceptors (Lipinski definition) is 6. The van der Waals surface area contributed by atoms with E-state index in [0.29, 0.717) is 39.8 Å². The highest BCUT2D eigenvalue weighted by Gasteiger charge is 2.12. The number of halogens is 1. The normalized spacial score (nSPS) is 10.1. The summed E-state index contributed by atoms with van der Waals surface area (Å²) in [6.07, 6.45) is 3.31. The Balaban J connectivity index is 1.63. The van der Waals surface area contributed by atoms with Gasteiger partial charge in [0.2, 0.25) is 0 Å². The van der Waals surface area contributed by atoms with Gasteiger partial charge in [0.1, 0.15) is 11.5 Å². The number of hydrogen-bond donors (Lipinski definition) is 2. The molecule has 0 saturated carbocycles. The Morgan fingerprint density at radius 3 is 2.70 bits per heavy atom. The smallest absolute Gasteiger partial charge is 0.258 e. The predicted molar refractivity (Wildman–Crippen MR) is 122 cm³/mol. The number of methoxy groups -OCH3 is 1. The summed E-state index contributed by atoms with van der Waals surface area (Å²) in [5.41, 5.74) is 2.18. The van der Waals surface area contributed by atoms with Gasteiger partial charge in [0.25, 0.3) is 11.8 Å². The largest absolute Gasteiger partial charge is 0.497 e. The molecule has 9 heteroatoms. The summed E-state index contributed by atoms with van der Waals surface area (Å²) < 4.78 is 10.8. The third-order valence-electron chi connectivity index (χ3n) is 4.58. The quantitative estimate of drug-likeness (QED) is 0.502. The summed E-state index contributed by atoms with van der Waals surface area (Å²) in [6, 6.07) is 15.2. The van der Waals surface area contributed by atoms with Crippen molar-refractivity contribution < 1.29 is 19.1 Å². The number of pyridine rings is 1. The lowest BCUT2D eigenvalue weighted by Crippen LogP contribution is -2.29. The Hall–Kier alpha value is -4.09. The Kier molecular flexibility index (Phi) is 8.22. The molecule has 0 atom stereocenters. The number of carbonyl (C=O) groups is 2. The van der Waals surface area contributed by atoms with E-state index in [1.807, 2.05) is 12.1 Å². The number of ether oxygens (including phenoxy) is 2. The lowest BCUT2D eigenvalue weighted by Gasteiger charge is -2.13. The van der Waals surface area contributed by atoms with Crippen LogP contribution in [0.5, 0.6) is 11.5 Å². The van der Waals surface area contributed by atoms with E-state index in [2.05, 4.69) is 15.6 Å². The van der Waals surface area contributed by atoms with Crippen molar-refractivity contribution in [1.29, 1.82) is 5.26 Å². The highest BCUT2D eigenvalue weighted by atomic mass is 35.5. The van der Waals surface area contributed by atoms with Gasteiger partial charge < -0.3 is 20.1 Å². The molecule has 0 fully saturated rings. The van der Waals surface area contributed by atoms with Crippen LogP contribution in [-0.4, -0.2) is 30.5 Å². The monoisotopic (exact) mass is 464 g/mol. The molecule has 168 valence electrons. The molecule has 0 aliphatic heterocycles. The van der Waals surface area contributed by atoms with E-state index in [4.69, 9.17) is 21.1 Å². The van der Waals surface area contributed by atoms with Crippen LogP contribution in [0.4, 0.5) is 0 Å². The van der Waals surface area contributed by atoms with Crippen molar-refractivity contribution in [3.8, 4) is 17.6 Å². The van der Waals surface area contributed by atoms with Crippen LogP contribution in [0.25, 0.3) is 0 Å². The molecule has 0 spiro atoms. The van der Waals surface area contributed by atoms with Crippen LogP contribution in [0.2, 0.25) is 5.02 Å². The van der Waals surface area contributed by atoms with Gasteiger partial charge in [-0.25, -0.2) is 0 Å². The summed E-state index contributed by atoms with van der Waals surface area (Å²) >= 11 is 6.03. The van der Waals surface area contributed by atoms with E-state index in [9.17, 15) is 14.9 Å². The second-order valence-electron chi connectivity index (χ2n) is 6.92. The number of rotatable bonds is 9. The second kappa shape index (κ2) is 11.5. The van der Waals surface area contributed by atoms with Crippen molar-refractivity contribution in [2.75, 3.05) is 13.7 Å². The van der Waals surface area contributed by atoms with E-state index in [1.54, 1.807) is 42.7 Å². The van der Waals surface area contributed by atoms with Crippen molar-refractivity contribution in [2.24, 2.45) is 0 Å². The highest BCUT2D eigenvalue weighted by molar-refractivity contribution is 6.31. The Labute approximate surface area is 196 Å². The number of nitrogens with one attached hydrogen (secondary N) is 2. The van der Waals surface area contributed by atoms with Crippen LogP contribution in [0.15, 0.2) is 60.9 Å². The molecule has 0 bridgehead atoms. The molecule has 0 aliphatic carbocycles. The van der Waals surface area contributed by atoms with Crippen LogP contribution < -0.4 is 20.1 Å². The predicted octanol–water partition coefficient (Wildman–Crippen LogP) is 3.24. The van der Waals surface area contributed by atoms with E-state index in [0.717, 1.165) is 5.56 Å². The topological polar surface area (TPSA) is 113 Å². The van der Waals surface area contributed by atoms with Gasteiger partial charge in [-0.3, -0.25) is 14.6 Å². The van der Waals surface area contributed by atoms with Crippen molar-refractivity contribution in [1.82, 2.24) is 15.6 Å². The summed E-state index contributed by atoms with van der Waals surface area (Å²) in [5.74, 6) is 0.101. The minimum absolute atomic E-state index is 0.117. The van der Waals surface area contributed by atoms with Crippen LogP contribution in [0.1, 0.15) is 27.0 Å². The van der Waals surface area contributed by atoms with Gasteiger partial charge in [0.05, 0.1) is 18.7 Å². The maximum Gasteiger partial charge on any atom is 0.258 e. The van der Waals surface area contributed by atoms with Crippen molar-refractivity contribution in [2.45, 2.75) is 13.1 Å². The zero-order valence-electron chi connectivity index (χ0n) is 17.8. The van der Waals surface area contributed by atoms with Gasteiger partial charge >= 0.3 is 0 Å². The van der Waals surface area contributed by atoms with Crippen LogP contribution in [0, 0.1) is 11.3 Å². The number of nitrogens with zero attached hydrogens (tertiary/aromatic N) is 2. The van der Waals surface area contributed by atoms with Gasteiger partial charge in [0.15, 0.2) is 6.61 Å². The molecule has 0 unspecified atom stereocenters. The summed E-state index contributed by atoms with van der Waals surface area (Å²) in [7, 11) is 1.49. The molecule has 2 N–H and O–H groups in total.